The summed E-state index contributed by atoms with van der Waals surface area (Å²) in [6.45, 7) is 1.36. The summed E-state index contributed by atoms with van der Waals surface area (Å²) < 4.78 is 1.86. The van der Waals surface area contributed by atoms with Crippen molar-refractivity contribution in [1.82, 2.24) is 25.5 Å². The van der Waals surface area contributed by atoms with E-state index in [0.717, 1.165) is 18.3 Å². The molecule has 1 heterocycles. The zero-order valence-electron chi connectivity index (χ0n) is 11.8. The molecule has 0 aliphatic heterocycles. The van der Waals surface area contributed by atoms with Crippen LogP contribution in [0.25, 0.3) is 0 Å². The molecule has 2 aliphatic carbocycles. The number of aliphatic imine (C=N–C) groups is 1. The molecule has 0 unspecified atom stereocenters. The average Bonchev–Trinajstić information content (AvgIpc) is 3.16. The lowest BCUT2D eigenvalue weighted by Gasteiger charge is -2.23. The van der Waals surface area contributed by atoms with E-state index in [2.05, 4.69) is 25.8 Å². The van der Waals surface area contributed by atoms with Crippen molar-refractivity contribution in [3.63, 3.8) is 0 Å². The predicted molar refractivity (Wildman–Crippen MR) is 75.9 cm³/mol. The van der Waals surface area contributed by atoms with Crippen LogP contribution in [0.5, 0.6) is 0 Å². The van der Waals surface area contributed by atoms with E-state index in [1.54, 1.807) is 0 Å². The molecule has 0 amide bonds. The van der Waals surface area contributed by atoms with Crippen molar-refractivity contribution in [1.29, 1.82) is 0 Å². The highest BCUT2D eigenvalue weighted by Gasteiger charge is 2.23. The summed E-state index contributed by atoms with van der Waals surface area (Å²) in [6, 6.07) is 0.481. The minimum Gasteiger partial charge on any atom is -0.370 e. The minimum absolute atomic E-state index is 0.450. The Morgan fingerprint density at radius 1 is 1.25 bits per heavy atom. The number of guanidine groups is 1. The lowest BCUT2D eigenvalue weighted by atomic mass is 9.96. The summed E-state index contributed by atoms with van der Waals surface area (Å²) in [5, 5.41) is 15.1. The van der Waals surface area contributed by atoms with Crippen LogP contribution in [-0.2, 0) is 13.1 Å². The third-order valence-corrected chi connectivity index (χ3v) is 4.08. The van der Waals surface area contributed by atoms with Gasteiger partial charge in [0.15, 0.2) is 11.8 Å². The van der Waals surface area contributed by atoms with Crippen LogP contribution >= 0.6 is 0 Å². The van der Waals surface area contributed by atoms with Crippen molar-refractivity contribution >= 4 is 5.96 Å². The van der Waals surface area contributed by atoms with Crippen LogP contribution in [0.1, 0.15) is 50.8 Å². The van der Waals surface area contributed by atoms with E-state index in [-0.39, 0.29) is 0 Å². The lowest BCUT2D eigenvalue weighted by molar-refractivity contribution is 0.412. The molecule has 3 N–H and O–H groups in total. The second-order valence-electron chi connectivity index (χ2n) is 5.90. The van der Waals surface area contributed by atoms with Gasteiger partial charge < -0.3 is 11.1 Å². The van der Waals surface area contributed by atoms with E-state index >= 15 is 0 Å². The fourth-order valence-electron chi connectivity index (χ4n) is 2.68. The number of nitrogens with one attached hydrogen (secondary N) is 1. The first kappa shape index (κ1) is 13.3. The number of tetrazole rings is 1. The number of hydrogen-bond acceptors (Lipinski definition) is 4. The molecular formula is C13H23N7. The first-order chi connectivity index (χ1) is 9.81. The van der Waals surface area contributed by atoms with Gasteiger partial charge in [-0.15, -0.1) is 5.10 Å². The van der Waals surface area contributed by atoms with Crippen LogP contribution in [0.2, 0.25) is 0 Å². The van der Waals surface area contributed by atoms with Crippen LogP contribution < -0.4 is 11.1 Å². The molecule has 1 aromatic heterocycles. The van der Waals surface area contributed by atoms with Gasteiger partial charge in [0.05, 0.1) is 0 Å². The first-order valence-electron chi connectivity index (χ1n) is 7.63. The van der Waals surface area contributed by atoms with Crippen LogP contribution in [0.4, 0.5) is 0 Å². The standard InChI is InChI=1S/C13H23N7/c14-13(16-11-4-2-1-3-5-11)15-8-12-17-18-19-20(12)9-10-6-7-10/h10-11H,1-9H2,(H3,14,15,16). The maximum Gasteiger partial charge on any atom is 0.189 e. The van der Waals surface area contributed by atoms with Gasteiger partial charge >= 0.3 is 0 Å². The molecule has 7 heteroatoms. The van der Waals surface area contributed by atoms with Gasteiger partial charge in [0.25, 0.3) is 0 Å². The van der Waals surface area contributed by atoms with E-state index in [1.165, 1.54) is 44.9 Å². The Hall–Kier alpha value is -1.66. The zero-order chi connectivity index (χ0) is 13.8. The van der Waals surface area contributed by atoms with E-state index in [0.29, 0.717) is 18.5 Å². The van der Waals surface area contributed by atoms with Gasteiger partial charge in [0.2, 0.25) is 0 Å². The van der Waals surface area contributed by atoms with E-state index < -0.39 is 0 Å². The highest BCUT2D eigenvalue weighted by molar-refractivity contribution is 5.78. The number of hydrogen-bond donors (Lipinski definition) is 2. The summed E-state index contributed by atoms with van der Waals surface area (Å²) in [4.78, 5) is 4.37. The number of nitrogens with zero attached hydrogens (tertiary/aromatic N) is 5. The topological polar surface area (TPSA) is 94.0 Å². The van der Waals surface area contributed by atoms with Crippen molar-refractivity contribution in [2.45, 2.75) is 64.1 Å². The molecule has 2 saturated carbocycles. The largest absolute Gasteiger partial charge is 0.370 e. The molecule has 20 heavy (non-hydrogen) atoms. The molecule has 2 aliphatic rings. The SMILES string of the molecule is NC(=NCc1nnnn1CC1CC1)NC1CCCCC1. The fourth-order valence-corrected chi connectivity index (χ4v) is 2.68. The number of rotatable bonds is 5. The van der Waals surface area contributed by atoms with Crippen molar-refractivity contribution in [2.24, 2.45) is 16.6 Å². The molecule has 7 nitrogen and oxygen atoms in total. The van der Waals surface area contributed by atoms with Crippen LogP contribution in [0.3, 0.4) is 0 Å². The normalized spacial score (nSPS) is 21.1. The van der Waals surface area contributed by atoms with E-state index in [4.69, 9.17) is 5.73 Å². The third kappa shape index (κ3) is 3.68. The Bertz CT molecular complexity index is 457. The molecule has 0 atom stereocenters. The molecule has 0 saturated heterocycles. The van der Waals surface area contributed by atoms with E-state index in [9.17, 15) is 0 Å². The Labute approximate surface area is 119 Å². The van der Waals surface area contributed by atoms with Crippen molar-refractivity contribution < 1.29 is 0 Å². The molecule has 0 bridgehead atoms. The van der Waals surface area contributed by atoms with Gasteiger partial charge in [-0.2, -0.15) is 0 Å². The summed E-state index contributed by atoms with van der Waals surface area (Å²) in [7, 11) is 0. The molecule has 0 spiro atoms. The molecule has 3 rings (SSSR count). The van der Waals surface area contributed by atoms with Gasteiger partial charge in [-0.3, -0.25) is 0 Å². The lowest BCUT2D eigenvalue weighted by Crippen LogP contribution is -2.41. The van der Waals surface area contributed by atoms with Gasteiger partial charge in [-0.25, -0.2) is 9.67 Å². The molecule has 0 radical (unpaired) electrons. The number of nitrogens with two attached hydrogens (primary N) is 1. The maximum atomic E-state index is 5.95. The molecular weight excluding hydrogens is 254 g/mol. The molecule has 0 aromatic carbocycles. The second kappa shape index (κ2) is 6.19. The average molecular weight is 277 g/mol. The predicted octanol–water partition coefficient (Wildman–Crippen LogP) is 0.820. The quantitative estimate of drug-likeness (QED) is 0.614. The third-order valence-electron chi connectivity index (χ3n) is 4.08. The molecule has 110 valence electrons. The van der Waals surface area contributed by atoms with Crippen molar-refractivity contribution in [3.05, 3.63) is 5.82 Å². The van der Waals surface area contributed by atoms with Gasteiger partial charge in [-0.05, 0) is 42.0 Å². The Balaban J connectivity index is 1.51. The van der Waals surface area contributed by atoms with Crippen LogP contribution in [0, 0.1) is 5.92 Å². The van der Waals surface area contributed by atoms with Crippen molar-refractivity contribution in [3.8, 4) is 0 Å². The molecule has 1 aromatic rings. The Morgan fingerprint density at radius 3 is 2.80 bits per heavy atom. The van der Waals surface area contributed by atoms with Gasteiger partial charge in [-0.1, -0.05) is 19.3 Å². The monoisotopic (exact) mass is 277 g/mol. The summed E-state index contributed by atoms with van der Waals surface area (Å²) >= 11 is 0. The first-order valence-corrected chi connectivity index (χ1v) is 7.63. The Kier molecular flexibility index (Phi) is 4.13. The van der Waals surface area contributed by atoms with E-state index in [1.807, 2.05) is 4.68 Å². The summed E-state index contributed by atoms with van der Waals surface area (Å²) in [5.41, 5.74) is 5.95. The maximum absolute atomic E-state index is 5.95. The highest BCUT2D eigenvalue weighted by Crippen LogP contribution is 2.30. The van der Waals surface area contributed by atoms with Gasteiger partial charge in [0.1, 0.15) is 6.54 Å². The molecule has 2 fully saturated rings. The van der Waals surface area contributed by atoms with Crippen LogP contribution in [-0.4, -0.2) is 32.2 Å². The summed E-state index contributed by atoms with van der Waals surface area (Å²) in [5.74, 6) is 2.06. The fraction of sp³-hybridized carbons (Fsp3) is 0.846. The second-order valence-corrected chi connectivity index (χ2v) is 5.90. The number of aromatic nitrogens is 4. The van der Waals surface area contributed by atoms with Crippen molar-refractivity contribution in [2.75, 3.05) is 0 Å². The minimum atomic E-state index is 0.450. The highest BCUT2D eigenvalue weighted by atomic mass is 15.5. The van der Waals surface area contributed by atoms with Gasteiger partial charge in [0, 0.05) is 12.6 Å². The van der Waals surface area contributed by atoms with Crippen LogP contribution in [0.15, 0.2) is 4.99 Å². The zero-order valence-corrected chi connectivity index (χ0v) is 11.8. The Morgan fingerprint density at radius 2 is 2.05 bits per heavy atom. The summed E-state index contributed by atoms with van der Waals surface area (Å²) in [6.07, 6.45) is 8.85. The smallest absolute Gasteiger partial charge is 0.189 e.